The molecule has 4 nitrogen and oxygen atoms in total. The zero-order valence-electron chi connectivity index (χ0n) is 11.8. The van der Waals surface area contributed by atoms with E-state index in [0.29, 0.717) is 8.91 Å². The molecule has 0 radical (unpaired) electrons. The van der Waals surface area contributed by atoms with E-state index in [2.05, 4.69) is 51.7 Å². The van der Waals surface area contributed by atoms with Gasteiger partial charge in [0.1, 0.15) is 0 Å². The Hall–Kier alpha value is -0.370. The topological polar surface area (TPSA) is 52.6 Å². The largest absolute Gasteiger partial charge is 0.465 e. The second-order valence-corrected chi connectivity index (χ2v) is 6.16. The van der Waals surface area contributed by atoms with E-state index < -0.39 is 17.4 Å². The van der Waals surface area contributed by atoms with E-state index in [1.165, 1.54) is 0 Å². The normalized spacial score (nSPS) is 10.8. The molecule has 0 unspecified atom stereocenters. The standard InChI is InChI=1S/C14H20BrIO4/c1-5-19-12(17)14(8-11(4)15,7-10(3)9-16)13(18)20-6-2/h3-9H2,1-2H3. The molecule has 0 heterocycles. The number of hydrogen-bond acceptors (Lipinski definition) is 4. The molecule has 6 heteroatoms. The van der Waals surface area contributed by atoms with Gasteiger partial charge in [-0.05, 0) is 24.8 Å². The van der Waals surface area contributed by atoms with Crippen LogP contribution in [0.15, 0.2) is 23.2 Å². The van der Waals surface area contributed by atoms with Crippen molar-refractivity contribution >= 4 is 50.5 Å². The van der Waals surface area contributed by atoms with Crippen LogP contribution in [0, 0.1) is 5.41 Å². The Bertz CT molecular complexity index is 375. The van der Waals surface area contributed by atoms with E-state index in [9.17, 15) is 9.59 Å². The number of carbonyl (C=O) groups is 2. The first kappa shape index (κ1) is 19.6. The molecule has 0 aromatic heterocycles. The lowest BCUT2D eigenvalue weighted by atomic mass is 9.79. The van der Waals surface area contributed by atoms with Crippen LogP contribution in [0.5, 0.6) is 0 Å². The average Bonchev–Trinajstić information content (AvgIpc) is 2.37. The second-order valence-electron chi connectivity index (χ2n) is 4.28. The SMILES string of the molecule is C=C(Br)CC(CC(=C)CI)(C(=O)OCC)C(=O)OCC. The van der Waals surface area contributed by atoms with Crippen molar-refractivity contribution in [2.75, 3.05) is 17.6 Å². The molecule has 0 aromatic rings. The highest BCUT2D eigenvalue weighted by Crippen LogP contribution is 2.38. The average molecular weight is 459 g/mol. The van der Waals surface area contributed by atoms with Crippen LogP contribution in [0.25, 0.3) is 0 Å². The van der Waals surface area contributed by atoms with Gasteiger partial charge in [-0.25, -0.2) is 0 Å². The maximum absolute atomic E-state index is 12.3. The van der Waals surface area contributed by atoms with Gasteiger partial charge >= 0.3 is 11.9 Å². The van der Waals surface area contributed by atoms with Crippen molar-refractivity contribution in [2.45, 2.75) is 26.7 Å². The lowest BCUT2D eigenvalue weighted by Gasteiger charge is -2.29. The monoisotopic (exact) mass is 458 g/mol. The summed E-state index contributed by atoms with van der Waals surface area (Å²) in [5.74, 6) is -1.19. The van der Waals surface area contributed by atoms with Gasteiger partial charge in [-0.15, -0.1) is 0 Å². The number of hydrogen-bond donors (Lipinski definition) is 0. The molecule has 0 aliphatic carbocycles. The summed E-state index contributed by atoms with van der Waals surface area (Å²) < 4.78 is 11.3. The minimum absolute atomic E-state index is 0.125. The number of carbonyl (C=O) groups excluding carboxylic acids is 2. The summed E-state index contributed by atoms with van der Waals surface area (Å²) in [5.41, 5.74) is -0.630. The van der Waals surface area contributed by atoms with E-state index in [4.69, 9.17) is 9.47 Å². The first-order valence-electron chi connectivity index (χ1n) is 6.24. The molecule has 0 spiro atoms. The number of esters is 2. The Morgan fingerprint density at radius 1 is 1.10 bits per heavy atom. The maximum Gasteiger partial charge on any atom is 0.324 e. The molecular weight excluding hydrogens is 439 g/mol. The molecule has 0 rings (SSSR count). The summed E-state index contributed by atoms with van der Waals surface area (Å²) in [6.07, 6.45) is 0.318. The molecule has 0 atom stereocenters. The van der Waals surface area contributed by atoms with Gasteiger partial charge in [0.05, 0.1) is 13.2 Å². The summed E-state index contributed by atoms with van der Waals surface area (Å²) in [7, 11) is 0. The van der Waals surface area contributed by atoms with Gasteiger partial charge in [0.15, 0.2) is 5.41 Å². The summed E-state index contributed by atoms with van der Waals surface area (Å²) in [4.78, 5) is 24.7. The molecule has 0 saturated carbocycles. The van der Waals surface area contributed by atoms with Crippen molar-refractivity contribution in [3.8, 4) is 0 Å². The number of rotatable bonds is 9. The van der Waals surface area contributed by atoms with Crippen LogP contribution in [-0.2, 0) is 19.1 Å². The third-order valence-corrected chi connectivity index (χ3v) is 3.93. The molecule has 114 valence electrons. The van der Waals surface area contributed by atoms with Crippen LogP contribution >= 0.6 is 38.5 Å². The van der Waals surface area contributed by atoms with E-state index >= 15 is 0 Å². The summed E-state index contributed by atoms with van der Waals surface area (Å²) in [6, 6.07) is 0. The third-order valence-electron chi connectivity index (χ3n) is 2.57. The molecule has 0 saturated heterocycles. The predicted molar refractivity (Wildman–Crippen MR) is 91.0 cm³/mol. The van der Waals surface area contributed by atoms with E-state index in [0.717, 1.165) is 5.57 Å². The van der Waals surface area contributed by atoms with Gasteiger partial charge in [0.25, 0.3) is 0 Å². The first-order valence-corrected chi connectivity index (χ1v) is 8.56. The van der Waals surface area contributed by atoms with Gasteiger partial charge in [-0.2, -0.15) is 0 Å². The Labute approximate surface area is 142 Å². The van der Waals surface area contributed by atoms with Crippen molar-refractivity contribution < 1.29 is 19.1 Å². The minimum atomic E-state index is -1.41. The number of allylic oxidation sites excluding steroid dienone is 2. The van der Waals surface area contributed by atoms with Crippen molar-refractivity contribution in [3.63, 3.8) is 0 Å². The van der Waals surface area contributed by atoms with E-state index in [1.54, 1.807) is 13.8 Å². The van der Waals surface area contributed by atoms with Crippen molar-refractivity contribution in [1.29, 1.82) is 0 Å². The molecule has 0 aliphatic rings. The zero-order chi connectivity index (χ0) is 15.8. The van der Waals surface area contributed by atoms with E-state index in [-0.39, 0.29) is 26.1 Å². The van der Waals surface area contributed by atoms with Crippen molar-refractivity contribution in [2.24, 2.45) is 5.41 Å². The zero-order valence-corrected chi connectivity index (χ0v) is 15.6. The quantitative estimate of drug-likeness (QED) is 0.173. The number of halogens is 2. The lowest BCUT2D eigenvalue weighted by Crippen LogP contribution is -2.42. The highest BCUT2D eigenvalue weighted by Gasteiger charge is 2.49. The Kier molecular flexibility index (Phi) is 9.37. The predicted octanol–water partition coefficient (Wildman–Crippen LogP) is 3.78. The van der Waals surface area contributed by atoms with Crippen LogP contribution in [0.1, 0.15) is 26.7 Å². The fraction of sp³-hybridized carbons (Fsp3) is 0.571. The first-order chi connectivity index (χ1) is 9.33. The fourth-order valence-corrected chi connectivity index (χ4v) is 2.52. The van der Waals surface area contributed by atoms with Crippen LogP contribution in [0.3, 0.4) is 0 Å². The van der Waals surface area contributed by atoms with Crippen LogP contribution in [0.2, 0.25) is 0 Å². The smallest absolute Gasteiger partial charge is 0.324 e. The van der Waals surface area contributed by atoms with E-state index in [1.807, 2.05) is 0 Å². The molecule has 0 fully saturated rings. The highest BCUT2D eigenvalue weighted by molar-refractivity contribution is 14.1. The van der Waals surface area contributed by atoms with Crippen molar-refractivity contribution in [3.05, 3.63) is 23.2 Å². The summed E-state index contributed by atoms with van der Waals surface area (Å²) in [5, 5.41) is 0. The number of alkyl halides is 1. The van der Waals surface area contributed by atoms with Crippen LogP contribution < -0.4 is 0 Å². The third kappa shape index (κ3) is 5.55. The maximum atomic E-state index is 12.3. The molecular formula is C14H20BrIO4. The number of ether oxygens (including phenoxy) is 2. The molecule has 20 heavy (non-hydrogen) atoms. The van der Waals surface area contributed by atoms with Crippen LogP contribution in [-0.4, -0.2) is 29.6 Å². The van der Waals surface area contributed by atoms with Gasteiger partial charge in [0.2, 0.25) is 0 Å². The molecule has 0 aliphatic heterocycles. The lowest BCUT2D eigenvalue weighted by molar-refractivity contribution is -0.171. The Morgan fingerprint density at radius 3 is 1.85 bits per heavy atom. The fourth-order valence-electron chi connectivity index (χ4n) is 1.77. The molecule has 0 N–H and O–H groups in total. The Morgan fingerprint density at radius 2 is 1.55 bits per heavy atom. The van der Waals surface area contributed by atoms with Crippen LogP contribution in [0.4, 0.5) is 0 Å². The molecule has 0 aromatic carbocycles. The van der Waals surface area contributed by atoms with Gasteiger partial charge < -0.3 is 9.47 Å². The van der Waals surface area contributed by atoms with Gasteiger partial charge in [0, 0.05) is 10.8 Å². The van der Waals surface area contributed by atoms with Crippen molar-refractivity contribution in [1.82, 2.24) is 0 Å². The minimum Gasteiger partial charge on any atom is -0.465 e. The summed E-state index contributed by atoms with van der Waals surface area (Å²) in [6.45, 7) is 11.4. The molecule has 0 amide bonds. The Balaban J connectivity index is 5.60. The van der Waals surface area contributed by atoms with Gasteiger partial charge in [-0.3, -0.25) is 9.59 Å². The summed E-state index contributed by atoms with van der Waals surface area (Å²) >= 11 is 5.36. The molecule has 0 bridgehead atoms. The van der Waals surface area contributed by atoms with Gasteiger partial charge in [-0.1, -0.05) is 57.3 Å². The highest BCUT2D eigenvalue weighted by atomic mass is 127. The second kappa shape index (κ2) is 9.55.